The number of ether oxygens (including phenoxy) is 2. The van der Waals surface area contributed by atoms with Crippen LogP contribution in [0.2, 0.25) is 0 Å². The lowest BCUT2D eigenvalue weighted by Crippen LogP contribution is -2.09. The molecule has 4 heteroatoms. The molecule has 0 amide bonds. The van der Waals surface area contributed by atoms with Gasteiger partial charge >= 0.3 is 6.16 Å². The second kappa shape index (κ2) is 16.5. The Hall–Kier alpha value is -0.510. The highest BCUT2D eigenvalue weighted by molar-refractivity contribution is 9.09. The van der Waals surface area contributed by atoms with Gasteiger partial charge in [-0.25, -0.2) is 4.79 Å². The molecule has 0 rings (SSSR count). The van der Waals surface area contributed by atoms with E-state index < -0.39 is 6.16 Å². The smallest absolute Gasteiger partial charge is 0.434 e. The number of halogens is 1. The molecular weight excluding hydrogens is 320 g/mol. The van der Waals surface area contributed by atoms with Gasteiger partial charge in [0, 0.05) is 5.33 Å². The third-order valence-electron chi connectivity index (χ3n) is 2.89. The second-order valence-electron chi connectivity index (χ2n) is 4.78. The van der Waals surface area contributed by atoms with E-state index in [1.165, 1.54) is 12.8 Å². The van der Waals surface area contributed by atoms with Gasteiger partial charge in [-0.15, -0.1) is 0 Å². The van der Waals surface area contributed by atoms with Crippen LogP contribution in [0.15, 0.2) is 12.2 Å². The molecule has 3 nitrogen and oxygen atoms in total. The van der Waals surface area contributed by atoms with Crippen LogP contribution < -0.4 is 0 Å². The lowest BCUT2D eigenvalue weighted by atomic mass is 10.2. The van der Waals surface area contributed by atoms with Gasteiger partial charge in [0.25, 0.3) is 0 Å². The van der Waals surface area contributed by atoms with Crippen LogP contribution in [0.4, 0.5) is 4.79 Å². The summed E-state index contributed by atoms with van der Waals surface area (Å²) in [6.07, 6.45) is 13.6. The van der Waals surface area contributed by atoms with Crippen molar-refractivity contribution >= 4 is 22.1 Å². The fraction of sp³-hybridized carbons (Fsp3) is 0.812. The van der Waals surface area contributed by atoms with E-state index in [0.717, 1.165) is 50.3 Å². The zero-order valence-corrected chi connectivity index (χ0v) is 14.3. The van der Waals surface area contributed by atoms with Crippen molar-refractivity contribution in [1.29, 1.82) is 0 Å². The van der Waals surface area contributed by atoms with Crippen LogP contribution in [-0.2, 0) is 9.47 Å². The van der Waals surface area contributed by atoms with E-state index in [4.69, 9.17) is 9.47 Å². The molecule has 0 aromatic heterocycles. The minimum atomic E-state index is -0.517. The normalized spacial score (nSPS) is 10.9. The maximum atomic E-state index is 11.2. The first kappa shape index (κ1) is 19.5. The molecule has 118 valence electrons. The van der Waals surface area contributed by atoms with Crippen molar-refractivity contribution in [3.63, 3.8) is 0 Å². The highest BCUT2D eigenvalue weighted by atomic mass is 79.9. The highest BCUT2D eigenvalue weighted by Gasteiger charge is 2.02. The van der Waals surface area contributed by atoms with E-state index in [0.29, 0.717) is 13.2 Å². The fourth-order valence-corrected chi connectivity index (χ4v) is 2.12. The quantitative estimate of drug-likeness (QED) is 0.187. The van der Waals surface area contributed by atoms with Crippen LogP contribution in [0.5, 0.6) is 0 Å². The van der Waals surface area contributed by atoms with Gasteiger partial charge in [0.1, 0.15) is 0 Å². The van der Waals surface area contributed by atoms with Crippen LogP contribution in [0, 0.1) is 0 Å². The summed E-state index contributed by atoms with van der Waals surface area (Å²) < 4.78 is 10.0. The number of alkyl halides is 1. The molecule has 0 aliphatic rings. The standard InChI is InChI=1S/C16H29BrO3/c1-2-3-4-5-6-8-11-14-19-16(18)20-15-12-9-7-10-13-17/h3-4H,2,5-15H2,1H3/b4-3-. The molecule has 0 heterocycles. The molecule has 0 unspecified atom stereocenters. The molecule has 0 atom stereocenters. The van der Waals surface area contributed by atoms with Crippen molar-refractivity contribution in [2.75, 3.05) is 18.5 Å². The Bertz CT molecular complexity index is 242. The molecule has 0 aromatic carbocycles. The van der Waals surface area contributed by atoms with Crippen LogP contribution in [-0.4, -0.2) is 24.7 Å². The summed E-state index contributed by atoms with van der Waals surface area (Å²) in [5.74, 6) is 0. The zero-order valence-electron chi connectivity index (χ0n) is 12.7. The second-order valence-corrected chi connectivity index (χ2v) is 5.57. The molecule has 0 aliphatic carbocycles. The van der Waals surface area contributed by atoms with Gasteiger partial charge in [-0.2, -0.15) is 0 Å². The average molecular weight is 349 g/mol. The molecule has 0 bridgehead atoms. The molecule has 0 fully saturated rings. The van der Waals surface area contributed by atoms with Crippen molar-refractivity contribution in [1.82, 2.24) is 0 Å². The number of allylic oxidation sites excluding steroid dienone is 2. The molecule has 0 spiro atoms. The fourth-order valence-electron chi connectivity index (χ4n) is 1.73. The molecule has 0 saturated carbocycles. The first-order valence-electron chi connectivity index (χ1n) is 7.81. The summed E-state index contributed by atoms with van der Waals surface area (Å²) in [6, 6.07) is 0. The summed E-state index contributed by atoms with van der Waals surface area (Å²) in [5, 5.41) is 1.05. The lowest BCUT2D eigenvalue weighted by Gasteiger charge is -2.06. The largest absolute Gasteiger partial charge is 0.508 e. The molecule has 0 N–H and O–H groups in total. The van der Waals surface area contributed by atoms with E-state index in [-0.39, 0.29) is 0 Å². The third kappa shape index (κ3) is 15.5. The number of hydrogen-bond donors (Lipinski definition) is 0. The SMILES string of the molecule is CC/C=C\CCCCCOC(=O)OCCCCCCBr. The van der Waals surface area contributed by atoms with Crippen molar-refractivity contribution in [2.24, 2.45) is 0 Å². The number of hydrogen-bond acceptors (Lipinski definition) is 3. The van der Waals surface area contributed by atoms with Crippen molar-refractivity contribution in [3.05, 3.63) is 12.2 Å². The van der Waals surface area contributed by atoms with E-state index >= 15 is 0 Å². The Kier molecular flexibility index (Phi) is 16.1. The maximum Gasteiger partial charge on any atom is 0.508 e. The van der Waals surface area contributed by atoms with E-state index in [2.05, 4.69) is 35.0 Å². The Balaban J connectivity index is 3.18. The van der Waals surface area contributed by atoms with Gasteiger partial charge in [-0.3, -0.25) is 0 Å². The van der Waals surface area contributed by atoms with Crippen molar-refractivity contribution in [3.8, 4) is 0 Å². The number of carbonyl (C=O) groups excluding carboxylic acids is 1. The monoisotopic (exact) mass is 348 g/mol. The number of carbonyl (C=O) groups is 1. The molecule has 0 radical (unpaired) electrons. The Morgan fingerprint density at radius 2 is 1.50 bits per heavy atom. The zero-order chi connectivity index (χ0) is 14.9. The van der Waals surface area contributed by atoms with Crippen molar-refractivity contribution in [2.45, 2.75) is 64.7 Å². The van der Waals surface area contributed by atoms with E-state index in [9.17, 15) is 4.79 Å². The van der Waals surface area contributed by atoms with Crippen molar-refractivity contribution < 1.29 is 14.3 Å². The van der Waals surface area contributed by atoms with Crippen LogP contribution in [0.1, 0.15) is 64.7 Å². The van der Waals surface area contributed by atoms with Crippen LogP contribution >= 0.6 is 15.9 Å². The molecule has 0 aliphatic heterocycles. The summed E-state index contributed by atoms with van der Waals surface area (Å²) in [5.41, 5.74) is 0. The van der Waals surface area contributed by atoms with E-state index in [1.807, 2.05) is 0 Å². The third-order valence-corrected chi connectivity index (χ3v) is 3.45. The average Bonchev–Trinajstić information content (AvgIpc) is 2.45. The minimum absolute atomic E-state index is 0.472. The molecule has 0 saturated heterocycles. The number of unbranched alkanes of at least 4 members (excludes halogenated alkanes) is 6. The Labute approximate surface area is 132 Å². The van der Waals surface area contributed by atoms with Gasteiger partial charge in [-0.1, -0.05) is 47.8 Å². The summed E-state index contributed by atoms with van der Waals surface area (Å²) in [6.45, 7) is 3.08. The summed E-state index contributed by atoms with van der Waals surface area (Å²) in [7, 11) is 0. The lowest BCUT2D eigenvalue weighted by molar-refractivity contribution is 0.0529. The first-order chi connectivity index (χ1) is 9.81. The molecule has 20 heavy (non-hydrogen) atoms. The number of rotatable bonds is 13. The minimum Gasteiger partial charge on any atom is -0.434 e. The predicted octanol–water partition coefficient (Wildman–Crippen LogP) is 5.62. The van der Waals surface area contributed by atoms with Gasteiger partial charge < -0.3 is 9.47 Å². The maximum absolute atomic E-state index is 11.2. The van der Waals surface area contributed by atoms with Crippen LogP contribution in [0.25, 0.3) is 0 Å². The molecule has 0 aromatic rings. The van der Waals surface area contributed by atoms with Gasteiger partial charge in [-0.05, 0) is 44.9 Å². The Morgan fingerprint density at radius 1 is 0.900 bits per heavy atom. The first-order valence-corrected chi connectivity index (χ1v) is 8.94. The predicted molar refractivity (Wildman–Crippen MR) is 87.5 cm³/mol. The van der Waals surface area contributed by atoms with Crippen LogP contribution in [0.3, 0.4) is 0 Å². The van der Waals surface area contributed by atoms with E-state index in [1.54, 1.807) is 0 Å². The van der Waals surface area contributed by atoms with Gasteiger partial charge in [0.05, 0.1) is 13.2 Å². The molecular formula is C16H29BrO3. The summed E-state index contributed by atoms with van der Waals surface area (Å²) in [4.78, 5) is 11.2. The summed E-state index contributed by atoms with van der Waals surface area (Å²) >= 11 is 3.39. The highest BCUT2D eigenvalue weighted by Crippen LogP contribution is 2.04. The van der Waals surface area contributed by atoms with Gasteiger partial charge in [0.2, 0.25) is 0 Å². The van der Waals surface area contributed by atoms with Gasteiger partial charge in [0.15, 0.2) is 0 Å². The topological polar surface area (TPSA) is 35.5 Å². The Morgan fingerprint density at radius 3 is 2.10 bits per heavy atom.